The van der Waals surface area contributed by atoms with E-state index in [4.69, 9.17) is 9.47 Å². The van der Waals surface area contributed by atoms with E-state index < -0.39 is 0 Å². The van der Waals surface area contributed by atoms with Gasteiger partial charge in [0.25, 0.3) is 11.8 Å². The van der Waals surface area contributed by atoms with E-state index in [0.29, 0.717) is 49.2 Å². The smallest absolute Gasteiger partial charge is 0.274 e. The lowest BCUT2D eigenvalue weighted by atomic mass is 10.1. The van der Waals surface area contributed by atoms with Gasteiger partial charge >= 0.3 is 0 Å². The fraction of sp³-hybridized carbons (Fsp3) is 0.480. The summed E-state index contributed by atoms with van der Waals surface area (Å²) in [5.74, 6) is 0.496. The Kier molecular flexibility index (Phi) is 6.82. The van der Waals surface area contributed by atoms with Crippen molar-refractivity contribution in [1.29, 1.82) is 0 Å². The van der Waals surface area contributed by atoms with Crippen molar-refractivity contribution in [1.82, 2.24) is 40.2 Å². The van der Waals surface area contributed by atoms with Gasteiger partial charge in [-0.25, -0.2) is 14.6 Å². The molecule has 0 spiro atoms. The van der Waals surface area contributed by atoms with Crippen LogP contribution in [0.5, 0.6) is 5.75 Å². The maximum atomic E-state index is 13.3. The van der Waals surface area contributed by atoms with E-state index in [-0.39, 0.29) is 36.3 Å². The first kappa shape index (κ1) is 24.2. The molecular formula is C25H29N9O4. The number of hydrogen-bond donors (Lipinski definition) is 1. The van der Waals surface area contributed by atoms with Crippen LogP contribution in [0.15, 0.2) is 36.9 Å². The monoisotopic (exact) mass is 519 g/mol. The Labute approximate surface area is 219 Å². The summed E-state index contributed by atoms with van der Waals surface area (Å²) in [6.45, 7) is 3.35. The van der Waals surface area contributed by atoms with Crippen molar-refractivity contribution in [3.8, 4) is 5.75 Å². The number of piperidine rings is 1. The molecule has 0 saturated carbocycles. The summed E-state index contributed by atoms with van der Waals surface area (Å²) in [6.07, 6.45) is 9.29. The molecule has 2 saturated heterocycles. The van der Waals surface area contributed by atoms with Gasteiger partial charge in [-0.1, -0.05) is 5.21 Å². The number of amides is 2. The van der Waals surface area contributed by atoms with Crippen LogP contribution in [-0.2, 0) is 17.9 Å². The van der Waals surface area contributed by atoms with Gasteiger partial charge < -0.3 is 24.6 Å². The molecule has 3 aliphatic heterocycles. The number of ether oxygens (including phenoxy) is 2. The number of fused-ring (bicyclic) bond motifs is 4. The fourth-order valence-corrected chi connectivity index (χ4v) is 5.01. The number of hydrogen-bond acceptors (Lipinski definition) is 10. The summed E-state index contributed by atoms with van der Waals surface area (Å²) in [6, 6.07) is 3.07. The molecule has 3 aromatic rings. The molecular weight excluding hydrogens is 490 g/mol. The van der Waals surface area contributed by atoms with Gasteiger partial charge in [-0.15, -0.1) is 5.10 Å². The van der Waals surface area contributed by atoms with E-state index in [9.17, 15) is 9.59 Å². The second kappa shape index (κ2) is 10.7. The van der Waals surface area contributed by atoms with Crippen LogP contribution in [0.1, 0.15) is 45.9 Å². The highest BCUT2D eigenvalue weighted by atomic mass is 16.5. The molecule has 198 valence electrons. The molecule has 0 aliphatic carbocycles. The summed E-state index contributed by atoms with van der Waals surface area (Å²) in [4.78, 5) is 43.3. The van der Waals surface area contributed by atoms with Crippen LogP contribution in [0.3, 0.4) is 0 Å². The van der Waals surface area contributed by atoms with E-state index in [2.05, 4.69) is 30.6 Å². The number of carbonyl (C=O) groups is 2. The van der Waals surface area contributed by atoms with E-state index >= 15 is 0 Å². The van der Waals surface area contributed by atoms with Crippen LogP contribution in [0.4, 0.5) is 5.82 Å². The van der Waals surface area contributed by atoms with Crippen molar-refractivity contribution < 1.29 is 19.1 Å². The van der Waals surface area contributed by atoms with Gasteiger partial charge in [-0.3, -0.25) is 14.6 Å². The van der Waals surface area contributed by atoms with Crippen LogP contribution in [-0.4, -0.2) is 91.6 Å². The van der Waals surface area contributed by atoms with E-state index in [1.165, 1.54) is 6.20 Å². The molecule has 6 rings (SSSR count). The first-order valence-corrected chi connectivity index (χ1v) is 12.9. The molecule has 13 heteroatoms. The predicted molar refractivity (Wildman–Crippen MR) is 134 cm³/mol. The van der Waals surface area contributed by atoms with Crippen LogP contribution < -0.4 is 15.0 Å². The van der Waals surface area contributed by atoms with Gasteiger partial charge in [0, 0.05) is 32.4 Å². The Morgan fingerprint density at radius 1 is 1.11 bits per heavy atom. The summed E-state index contributed by atoms with van der Waals surface area (Å²) >= 11 is 0. The van der Waals surface area contributed by atoms with Crippen molar-refractivity contribution in [3.63, 3.8) is 0 Å². The third-order valence-corrected chi connectivity index (χ3v) is 6.99. The maximum absolute atomic E-state index is 13.3. The third kappa shape index (κ3) is 5.14. The Morgan fingerprint density at radius 2 is 2.00 bits per heavy atom. The van der Waals surface area contributed by atoms with Crippen molar-refractivity contribution in [3.05, 3.63) is 54.0 Å². The average molecular weight is 520 g/mol. The number of pyridine rings is 1. The topological polar surface area (TPSA) is 140 Å². The second-order valence-electron chi connectivity index (χ2n) is 9.62. The lowest BCUT2D eigenvalue weighted by molar-refractivity contribution is 0.0345. The highest BCUT2D eigenvalue weighted by molar-refractivity contribution is 5.95. The Morgan fingerprint density at radius 3 is 2.89 bits per heavy atom. The van der Waals surface area contributed by atoms with Crippen molar-refractivity contribution >= 4 is 17.6 Å². The first-order valence-electron chi connectivity index (χ1n) is 12.9. The number of nitrogens with zero attached hydrogens (tertiary/aromatic N) is 8. The maximum Gasteiger partial charge on any atom is 0.274 e. The number of rotatable bonds is 2. The molecule has 13 nitrogen and oxygen atoms in total. The number of likely N-dealkylation sites (tertiary alicyclic amines) is 1. The van der Waals surface area contributed by atoms with Gasteiger partial charge in [0.1, 0.15) is 23.8 Å². The van der Waals surface area contributed by atoms with Crippen LogP contribution in [0.2, 0.25) is 0 Å². The zero-order chi connectivity index (χ0) is 25.9. The Hall–Kier alpha value is -4.13. The largest absolute Gasteiger partial charge is 0.489 e. The van der Waals surface area contributed by atoms with Gasteiger partial charge in [-0.2, -0.15) is 0 Å². The molecule has 2 bridgehead atoms. The number of anilines is 1. The van der Waals surface area contributed by atoms with Crippen LogP contribution in [0.25, 0.3) is 0 Å². The second-order valence-corrected chi connectivity index (χ2v) is 9.62. The zero-order valence-electron chi connectivity index (χ0n) is 20.9. The quantitative estimate of drug-likeness (QED) is 0.514. The Bertz CT molecular complexity index is 1310. The zero-order valence-corrected chi connectivity index (χ0v) is 20.9. The van der Waals surface area contributed by atoms with Gasteiger partial charge in [0.15, 0.2) is 11.4 Å². The highest BCUT2D eigenvalue weighted by Crippen LogP contribution is 2.23. The normalized spacial score (nSPS) is 22.1. The third-order valence-electron chi connectivity index (χ3n) is 6.99. The van der Waals surface area contributed by atoms with Gasteiger partial charge in [-0.05, 0) is 31.4 Å². The lowest BCUT2D eigenvalue weighted by Gasteiger charge is -2.26. The Balaban J connectivity index is 1.24. The number of carbonyl (C=O) groups excluding carboxylic acids is 2. The minimum atomic E-state index is -0.376. The molecule has 0 aromatic carbocycles. The summed E-state index contributed by atoms with van der Waals surface area (Å²) in [7, 11) is 0. The fourth-order valence-electron chi connectivity index (χ4n) is 5.01. The number of nitrogens with one attached hydrogen (secondary N) is 1. The summed E-state index contributed by atoms with van der Waals surface area (Å²) in [5, 5.41) is 11.4. The molecule has 2 amide bonds. The number of aromatic nitrogens is 6. The van der Waals surface area contributed by atoms with E-state index in [0.717, 1.165) is 32.4 Å². The first-order chi connectivity index (χ1) is 18.6. The lowest BCUT2D eigenvalue weighted by Crippen LogP contribution is -2.44. The molecule has 2 fully saturated rings. The minimum absolute atomic E-state index is 0.104. The molecule has 2 atom stereocenters. The minimum Gasteiger partial charge on any atom is -0.489 e. The van der Waals surface area contributed by atoms with Crippen LogP contribution in [0, 0.1) is 0 Å². The van der Waals surface area contributed by atoms with E-state index in [1.807, 2.05) is 16.0 Å². The van der Waals surface area contributed by atoms with Crippen molar-refractivity contribution in [2.45, 2.75) is 44.6 Å². The molecule has 3 aromatic heterocycles. The van der Waals surface area contributed by atoms with Crippen molar-refractivity contribution in [2.75, 3.05) is 37.7 Å². The predicted octanol–water partition coefficient (Wildman–Crippen LogP) is 0.686. The molecule has 3 aliphatic rings. The SMILES string of the molecule is O=C1N[C@H]2CN(c3cncc(C(=O)N4CCCCC4)n3)C[C@@H]2OCc2cn(nn2)CCOc2cccnc21. The highest BCUT2D eigenvalue weighted by Gasteiger charge is 2.37. The summed E-state index contributed by atoms with van der Waals surface area (Å²) < 4.78 is 13.8. The molecule has 0 unspecified atom stereocenters. The van der Waals surface area contributed by atoms with Crippen molar-refractivity contribution in [2.24, 2.45) is 0 Å². The van der Waals surface area contributed by atoms with Gasteiger partial charge in [0.2, 0.25) is 0 Å². The average Bonchev–Trinajstić information content (AvgIpc) is 3.58. The molecule has 6 heterocycles. The molecule has 38 heavy (non-hydrogen) atoms. The standard InChI is InChI=1S/C25H29N9O4/c35-24-23-20(5-4-6-27-23)37-10-9-34-13-17(30-31-34)16-38-21-15-33(14-19(21)29-24)22-12-26-11-18(28-22)25(36)32-7-2-1-3-8-32/h4-6,11-13,19,21H,1-3,7-10,14-16H2,(H,29,35)/t19-,21-/m0/s1. The summed E-state index contributed by atoms with van der Waals surface area (Å²) in [5.41, 5.74) is 1.20. The molecule has 1 N–H and O–H groups in total. The molecule has 0 radical (unpaired) electrons. The van der Waals surface area contributed by atoms with E-state index in [1.54, 1.807) is 29.2 Å². The van der Waals surface area contributed by atoms with Crippen LogP contribution >= 0.6 is 0 Å². The van der Waals surface area contributed by atoms with Gasteiger partial charge in [0.05, 0.1) is 43.9 Å².